The third-order valence-corrected chi connectivity index (χ3v) is 5.60. The normalized spacial score (nSPS) is 13.0. The Labute approximate surface area is 112 Å². The summed E-state index contributed by atoms with van der Waals surface area (Å²) in [6.45, 7) is 4.29. The van der Waals surface area contributed by atoms with Crippen LogP contribution in [0.3, 0.4) is 0 Å². The number of thiophene rings is 2. The second kappa shape index (κ2) is 5.00. The van der Waals surface area contributed by atoms with Crippen molar-refractivity contribution in [1.82, 2.24) is 0 Å². The monoisotopic (exact) mass is 315 g/mol. The van der Waals surface area contributed by atoms with Gasteiger partial charge in [-0.15, -0.1) is 22.7 Å². The molecular formula is C12H14BrNS2. The number of aryl methyl sites for hydroxylation is 2. The van der Waals surface area contributed by atoms with Gasteiger partial charge in [-0.2, -0.15) is 0 Å². The third-order valence-electron chi connectivity index (χ3n) is 2.59. The lowest BCUT2D eigenvalue weighted by Crippen LogP contribution is -2.10. The molecule has 0 amide bonds. The van der Waals surface area contributed by atoms with Gasteiger partial charge in [0.05, 0.1) is 0 Å². The Morgan fingerprint density at radius 3 is 2.62 bits per heavy atom. The Kier molecular flexibility index (Phi) is 3.85. The van der Waals surface area contributed by atoms with Gasteiger partial charge in [-0.1, -0.05) is 0 Å². The van der Waals surface area contributed by atoms with Crippen molar-refractivity contribution >= 4 is 38.6 Å². The van der Waals surface area contributed by atoms with E-state index in [2.05, 4.69) is 47.3 Å². The highest BCUT2D eigenvalue weighted by Crippen LogP contribution is 2.29. The molecule has 1 nitrogen and oxygen atoms in total. The van der Waals surface area contributed by atoms with E-state index in [0.717, 1.165) is 10.9 Å². The number of hydrogen-bond acceptors (Lipinski definition) is 3. The van der Waals surface area contributed by atoms with Crippen LogP contribution in [-0.4, -0.2) is 0 Å². The average molecular weight is 316 g/mol. The fourth-order valence-corrected chi connectivity index (χ4v) is 4.12. The van der Waals surface area contributed by atoms with Gasteiger partial charge in [-0.25, -0.2) is 0 Å². The molecule has 86 valence electrons. The van der Waals surface area contributed by atoms with Crippen molar-refractivity contribution in [3.63, 3.8) is 0 Å². The second-order valence-electron chi connectivity index (χ2n) is 3.93. The molecule has 0 fully saturated rings. The minimum atomic E-state index is 0.128. The SMILES string of the molecule is Cc1cc(C(N)Cc2cc(Br)cs2)sc1C. The van der Waals surface area contributed by atoms with E-state index in [9.17, 15) is 0 Å². The predicted octanol–water partition coefficient (Wildman–Crippen LogP) is 4.43. The zero-order valence-electron chi connectivity index (χ0n) is 9.29. The standard InChI is InChI=1S/C12H14BrNS2/c1-7-3-12(16-8(7)2)11(14)5-10-4-9(13)6-15-10/h3-4,6,11H,5,14H2,1-2H3. The van der Waals surface area contributed by atoms with Gasteiger partial charge < -0.3 is 5.73 Å². The molecule has 0 radical (unpaired) electrons. The van der Waals surface area contributed by atoms with Crippen LogP contribution in [0.4, 0.5) is 0 Å². The van der Waals surface area contributed by atoms with Gasteiger partial charge in [0.1, 0.15) is 0 Å². The van der Waals surface area contributed by atoms with Crippen LogP contribution in [0.1, 0.15) is 26.2 Å². The lowest BCUT2D eigenvalue weighted by Gasteiger charge is -2.07. The number of hydrogen-bond donors (Lipinski definition) is 1. The zero-order valence-corrected chi connectivity index (χ0v) is 12.5. The Morgan fingerprint density at radius 2 is 2.12 bits per heavy atom. The van der Waals surface area contributed by atoms with E-state index in [1.807, 2.05) is 11.3 Å². The van der Waals surface area contributed by atoms with Crippen LogP contribution in [0.15, 0.2) is 22.0 Å². The van der Waals surface area contributed by atoms with Crippen molar-refractivity contribution in [3.8, 4) is 0 Å². The number of nitrogens with two attached hydrogens (primary N) is 1. The van der Waals surface area contributed by atoms with Gasteiger partial charge in [0.2, 0.25) is 0 Å². The van der Waals surface area contributed by atoms with Crippen LogP contribution < -0.4 is 5.73 Å². The number of rotatable bonds is 3. The lowest BCUT2D eigenvalue weighted by molar-refractivity contribution is 0.745. The van der Waals surface area contributed by atoms with E-state index >= 15 is 0 Å². The molecule has 0 aliphatic carbocycles. The molecule has 0 aliphatic rings. The van der Waals surface area contributed by atoms with Gasteiger partial charge in [0, 0.05) is 36.9 Å². The largest absolute Gasteiger partial charge is 0.323 e. The van der Waals surface area contributed by atoms with Gasteiger partial charge in [-0.05, 0) is 47.5 Å². The van der Waals surface area contributed by atoms with E-state index < -0.39 is 0 Å². The average Bonchev–Trinajstić information content (AvgIpc) is 2.75. The fourth-order valence-electron chi connectivity index (χ4n) is 1.56. The molecule has 0 saturated heterocycles. The summed E-state index contributed by atoms with van der Waals surface area (Å²) < 4.78 is 1.15. The number of halogens is 1. The molecule has 16 heavy (non-hydrogen) atoms. The molecule has 2 aromatic heterocycles. The van der Waals surface area contributed by atoms with Crippen molar-refractivity contribution in [1.29, 1.82) is 0 Å². The summed E-state index contributed by atoms with van der Waals surface area (Å²) in [4.78, 5) is 4.00. The van der Waals surface area contributed by atoms with E-state index in [-0.39, 0.29) is 6.04 Å². The molecule has 2 rings (SSSR count). The topological polar surface area (TPSA) is 26.0 Å². The first-order valence-corrected chi connectivity index (χ1v) is 7.60. The van der Waals surface area contributed by atoms with Crippen molar-refractivity contribution in [2.75, 3.05) is 0 Å². The van der Waals surface area contributed by atoms with Crippen LogP contribution in [0.25, 0.3) is 0 Å². The molecule has 0 aromatic carbocycles. The molecule has 2 aromatic rings. The summed E-state index contributed by atoms with van der Waals surface area (Å²) >= 11 is 7.04. The Morgan fingerprint density at radius 1 is 1.38 bits per heavy atom. The Hall–Kier alpha value is -0.160. The molecule has 1 unspecified atom stereocenters. The quantitative estimate of drug-likeness (QED) is 0.890. The maximum atomic E-state index is 6.22. The molecule has 0 bridgehead atoms. The van der Waals surface area contributed by atoms with Crippen LogP contribution in [0.2, 0.25) is 0 Å². The molecule has 2 heterocycles. The van der Waals surface area contributed by atoms with Crippen LogP contribution in [0.5, 0.6) is 0 Å². The van der Waals surface area contributed by atoms with Crippen LogP contribution in [0, 0.1) is 13.8 Å². The summed E-state index contributed by atoms with van der Waals surface area (Å²) in [5.41, 5.74) is 7.57. The van der Waals surface area contributed by atoms with Crippen molar-refractivity contribution in [2.45, 2.75) is 26.3 Å². The van der Waals surface area contributed by atoms with Gasteiger partial charge >= 0.3 is 0 Å². The second-order valence-corrected chi connectivity index (χ2v) is 7.13. The minimum Gasteiger partial charge on any atom is -0.323 e. The molecular weight excluding hydrogens is 302 g/mol. The van der Waals surface area contributed by atoms with Crippen molar-refractivity contribution in [2.24, 2.45) is 5.73 Å². The first-order chi connectivity index (χ1) is 7.56. The van der Waals surface area contributed by atoms with E-state index in [4.69, 9.17) is 5.73 Å². The minimum absolute atomic E-state index is 0.128. The highest BCUT2D eigenvalue weighted by Gasteiger charge is 2.12. The van der Waals surface area contributed by atoms with E-state index in [0.29, 0.717) is 0 Å². The van der Waals surface area contributed by atoms with Crippen LogP contribution in [-0.2, 0) is 6.42 Å². The highest BCUT2D eigenvalue weighted by molar-refractivity contribution is 9.10. The first-order valence-electron chi connectivity index (χ1n) is 5.11. The summed E-state index contributed by atoms with van der Waals surface area (Å²) in [5, 5.41) is 2.10. The Balaban J connectivity index is 2.11. The summed E-state index contributed by atoms with van der Waals surface area (Å²) in [6, 6.07) is 4.49. The zero-order chi connectivity index (χ0) is 11.7. The lowest BCUT2D eigenvalue weighted by atomic mass is 10.1. The summed E-state index contributed by atoms with van der Waals surface area (Å²) in [6.07, 6.45) is 0.926. The smallest absolute Gasteiger partial charge is 0.0438 e. The van der Waals surface area contributed by atoms with Gasteiger partial charge in [0.25, 0.3) is 0 Å². The maximum absolute atomic E-state index is 6.22. The predicted molar refractivity (Wildman–Crippen MR) is 76.4 cm³/mol. The molecule has 0 spiro atoms. The molecule has 4 heteroatoms. The van der Waals surface area contributed by atoms with Gasteiger partial charge in [-0.3, -0.25) is 0 Å². The van der Waals surface area contributed by atoms with Crippen molar-refractivity contribution < 1.29 is 0 Å². The van der Waals surface area contributed by atoms with Crippen LogP contribution >= 0.6 is 38.6 Å². The first kappa shape index (κ1) is 12.3. The third kappa shape index (κ3) is 2.74. The fraction of sp³-hybridized carbons (Fsp3) is 0.333. The Bertz CT molecular complexity index is 467. The molecule has 1 atom stereocenters. The molecule has 0 aliphatic heterocycles. The van der Waals surface area contributed by atoms with Gasteiger partial charge in [0.15, 0.2) is 0 Å². The maximum Gasteiger partial charge on any atom is 0.0438 e. The summed E-state index contributed by atoms with van der Waals surface area (Å²) in [5.74, 6) is 0. The van der Waals surface area contributed by atoms with Crippen molar-refractivity contribution in [3.05, 3.63) is 42.2 Å². The van der Waals surface area contributed by atoms with E-state index in [1.54, 1.807) is 11.3 Å². The highest BCUT2D eigenvalue weighted by atomic mass is 79.9. The molecule has 2 N–H and O–H groups in total. The molecule has 0 saturated carbocycles. The van der Waals surface area contributed by atoms with E-state index in [1.165, 1.54) is 20.2 Å². The summed E-state index contributed by atoms with van der Waals surface area (Å²) in [7, 11) is 0.